The number of benzene rings is 1. The van der Waals surface area contributed by atoms with Gasteiger partial charge in [-0.05, 0) is 25.5 Å². The third-order valence-electron chi connectivity index (χ3n) is 4.18. The number of pyridine rings is 1. The van der Waals surface area contributed by atoms with Crippen LogP contribution < -0.4 is 0 Å². The number of nitrogens with zero attached hydrogens (tertiary/aromatic N) is 4. The quantitative estimate of drug-likeness (QED) is 0.720. The van der Waals surface area contributed by atoms with Crippen LogP contribution in [-0.2, 0) is 9.84 Å². The molecule has 1 aromatic carbocycles. The van der Waals surface area contributed by atoms with Crippen LogP contribution in [0.4, 0.5) is 0 Å². The fourth-order valence-electron chi connectivity index (χ4n) is 3.13. The molecule has 1 fully saturated rings. The van der Waals surface area contributed by atoms with Gasteiger partial charge in [0.25, 0.3) is 0 Å². The summed E-state index contributed by atoms with van der Waals surface area (Å²) in [6.07, 6.45) is 2.33. The van der Waals surface area contributed by atoms with E-state index in [9.17, 15) is 8.42 Å². The summed E-state index contributed by atoms with van der Waals surface area (Å²) in [6, 6.07) is 9.61. The molecule has 118 valence electrons. The van der Waals surface area contributed by atoms with Gasteiger partial charge >= 0.3 is 0 Å². The highest BCUT2D eigenvalue weighted by molar-refractivity contribution is 7.91. The van der Waals surface area contributed by atoms with Crippen LogP contribution in [0.2, 0.25) is 0 Å². The highest BCUT2D eigenvalue weighted by Crippen LogP contribution is 2.31. The molecule has 1 aliphatic heterocycles. The second-order valence-corrected chi connectivity index (χ2v) is 8.09. The Labute approximate surface area is 134 Å². The Bertz CT molecular complexity index is 989. The van der Waals surface area contributed by atoms with E-state index >= 15 is 0 Å². The summed E-state index contributed by atoms with van der Waals surface area (Å²) in [7, 11) is -2.98. The van der Waals surface area contributed by atoms with Crippen molar-refractivity contribution in [3.63, 3.8) is 0 Å². The van der Waals surface area contributed by atoms with E-state index in [0.717, 1.165) is 16.5 Å². The average Bonchev–Trinajstić information content (AvgIpc) is 3.09. The van der Waals surface area contributed by atoms with Crippen molar-refractivity contribution in [2.75, 3.05) is 11.5 Å². The minimum atomic E-state index is -2.98. The Hall–Kier alpha value is -2.28. The van der Waals surface area contributed by atoms with Gasteiger partial charge in [-0.1, -0.05) is 18.2 Å². The maximum atomic E-state index is 11.8. The van der Waals surface area contributed by atoms with Crippen molar-refractivity contribution in [1.29, 1.82) is 0 Å². The highest BCUT2D eigenvalue weighted by atomic mass is 32.2. The van der Waals surface area contributed by atoms with Gasteiger partial charge in [0, 0.05) is 17.1 Å². The predicted octanol–water partition coefficient (Wildman–Crippen LogP) is 2.16. The van der Waals surface area contributed by atoms with Crippen molar-refractivity contribution in [3.8, 4) is 11.4 Å². The van der Waals surface area contributed by atoms with Crippen LogP contribution in [0.3, 0.4) is 0 Å². The van der Waals surface area contributed by atoms with Crippen LogP contribution in [0.25, 0.3) is 22.3 Å². The van der Waals surface area contributed by atoms with Crippen LogP contribution >= 0.6 is 0 Å². The Morgan fingerprint density at radius 3 is 2.83 bits per heavy atom. The van der Waals surface area contributed by atoms with Gasteiger partial charge in [-0.2, -0.15) is 5.10 Å². The molecule has 1 atom stereocenters. The second-order valence-electron chi connectivity index (χ2n) is 5.86. The smallest absolute Gasteiger partial charge is 0.159 e. The van der Waals surface area contributed by atoms with E-state index in [2.05, 4.69) is 15.1 Å². The lowest BCUT2D eigenvalue weighted by Gasteiger charge is -2.13. The van der Waals surface area contributed by atoms with Crippen molar-refractivity contribution in [3.05, 3.63) is 42.4 Å². The van der Waals surface area contributed by atoms with E-state index < -0.39 is 9.84 Å². The first kappa shape index (κ1) is 14.3. The number of para-hydroxylation sites is 1. The summed E-state index contributed by atoms with van der Waals surface area (Å²) < 4.78 is 25.4. The molecule has 6 nitrogen and oxygen atoms in total. The summed E-state index contributed by atoms with van der Waals surface area (Å²) in [5.41, 5.74) is 1.82. The van der Waals surface area contributed by atoms with Crippen LogP contribution in [0.1, 0.15) is 18.3 Å². The molecule has 0 aliphatic carbocycles. The highest BCUT2D eigenvalue weighted by Gasteiger charge is 2.32. The van der Waals surface area contributed by atoms with E-state index in [-0.39, 0.29) is 17.5 Å². The van der Waals surface area contributed by atoms with Gasteiger partial charge in [-0.15, -0.1) is 0 Å². The fourth-order valence-corrected chi connectivity index (χ4v) is 4.82. The van der Waals surface area contributed by atoms with E-state index in [1.165, 1.54) is 0 Å². The largest absolute Gasteiger partial charge is 0.256 e. The number of hydrogen-bond donors (Lipinski definition) is 0. The average molecular weight is 328 g/mol. The van der Waals surface area contributed by atoms with Crippen LogP contribution in [0, 0.1) is 6.92 Å². The van der Waals surface area contributed by atoms with Gasteiger partial charge in [-0.3, -0.25) is 4.98 Å². The van der Waals surface area contributed by atoms with Crippen molar-refractivity contribution in [1.82, 2.24) is 19.7 Å². The third kappa shape index (κ3) is 2.50. The van der Waals surface area contributed by atoms with Crippen molar-refractivity contribution in [2.24, 2.45) is 0 Å². The van der Waals surface area contributed by atoms with Gasteiger partial charge < -0.3 is 0 Å². The van der Waals surface area contributed by atoms with Crippen LogP contribution in [0.5, 0.6) is 0 Å². The maximum absolute atomic E-state index is 11.8. The van der Waals surface area contributed by atoms with Crippen LogP contribution in [-0.4, -0.2) is 39.7 Å². The molecule has 0 N–H and O–H groups in total. The zero-order valence-electron chi connectivity index (χ0n) is 12.7. The van der Waals surface area contributed by atoms with Crippen molar-refractivity contribution < 1.29 is 8.42 Å². The monoisotopic (exact) mass is 328 g/mol. The molecule has 0 spiro atoms. The molecule has 7 heteroatoms. The van der Waals surface area contributed by atoms with E-state index in [1.807, 2.05) is 37.3 Å². The SMILES string of the molecule is Cc1nc(-c2ccnc3ccccc23)n([C@H]2CCS(=O)(=O)C2)n1. The molecule has 4 rings (SSSR count). The normalized spacial score (nSPS) is 20.1. The second kappa shape index (κ2) is 5.13. The molecule has 23 heavy (non-hydrogen) atoms. The molecule has 3 aromatic rings. The summed E-state index contributed by atoms with van der Waals surface area (Å²) in [4.78, 5) is 8.92. The first-order chi connectivity index (χ1) is 11.0. The lowest BCUT2D eigenvalue weighted by Crippen LogP contribution is -2.14. The zero-order chi connectivity index (χ0) is 16.0. The first-order valence-electron chi connectivity index (χ1n) is 7.51. The summed E-state index contributed by atoms with van der Waals surface area (Å²) >= 11 is 0. The standard InChI is InChI=1S/C16H16N4O2S/c1-11-18-16(20(19-11)12-7-9-23(21,22)10-12)14-6-8-17-15-5-3-2-4-13(14)15/h2-6,8,12H,7,9-10H2,1H3/t12-/m0/s1. The Morgan fingerprint density at radius 1 is 1.22 bits per heavy atom. The summed E-state index contributed by atoms with van der Waals surface area (Å²) in [5, 5.41) is 5.45. The van der Waals surface area contributed by atoms with Crippen molar-refractivity contribution >= 4 is 20.7 Å². The molecule has 0 amide bonds. The van der Waals surface area contributed by atoms with Gasteiger partial charge in [0.05, 0.1) is 23.1 Å². The summed E-state index contributed by atoms with van der Waals surface area (Å²) in [6.45, 7) is 1.83. The number of sulfone groups is 1. The maximum Gasteiger partial charge on any atom is 0.159 e. The lowest BCUT2D eigenvalue weighted by molar-refractivity contribution is 0.502. The Kier molecular flexibility index (Phi) is 3.19. The third-order valence-corrected chi connectivity index (χ3v) is 5.93. The number of fused-ring (bicyclic) bond motifs is 1. The Morgan fingerprint density at radius 2 is 2.04 bits per heavy atom. The molecule has 0 bridgehead atoms. The topological polar surface area (TPSA) is 77.7 Å². The van der Waals surface area contributed by atoms with E-state index in [1.54, 1.807) is 10.9 Å². The minimum Gasteiger partial charge on any atom is -0.256 e. The predicted molar refractivity (Wildman–Crippen MR) is 87.8 cm³/mol. The molecule has 1 aliphatic rings. The van der Waals surface area contributed by atoms with E-state index in [4.69, 9.17) is 0 Å². The number of rotatable bonds is 2. The molecular weight excluding hydrogens is 312 g/mol. The molecule has 3 heterocycles. The van der Waals surface area contributed by atoms with Gasteiger partial charge in [0.15, 0.2) is 15.7 Å². The molecule has 0 radical (unpaired) electrons. The zero-order valence-corrected chi connectivity index (χ0v) is 13.5. The molecule has 0 saturated carbocycles. The van der Waals surface area contributed by atoms with Crippen LogP contribution in [0.15, 0.2) is 36.5 Å². The molecule has 1 saturated heterocycles. The molecule has 0 unspecified atom stereocenters. The summed E-state index contributed by atoms with van der Waals surface area (Å²) in [5.74, 6) is 1.70. The Balaban J connectivity index is 1.89. The fraction of sp³-hybridized carbons (Fsp3) is 0.312. The van der Waals surface area contributed by atoms with Gasteiger partial charge in [-0.25, -0.2) is 18.1 Å². The van der Waals surface area contributed by atoms with E-state index in [0.29, 0.717) is 18.1 Å². The van der Waals surface area contributed by atoms with Crippen molar-refractivity contribution in [2.45, 2.75) is 19.4 Å². The number of aryl methyl sites for hydroxylation is 1. The number of aromatic nitrogens is 4. The molecular formula is C16H16N4O2S. The first-order valence-corrected chi connectivity index (χ1v) is 9.33. The van der Waals surface area contributed by atoms with Gasteiger partial charge in [0.1, 0.15) is 5.82 Å². The van der Waals surface area contributed by atoms with Gasteiger partial charge in [0.2, 0.25) is 0 Å². The molecule has 2 aromatic heterocycles. The lowest BCUT2D eigenvalue weighted by atomic mass is 10.1. The minimum absolute atomic E-state index is 0.131. The number of hydrogen-bond acceptors (Lipinski definition) is 5.